The highest BCUT2D eigenvalue weighted by Gasteiger charge is 2.48. The Morgan fingerprint density at radius 2 is 2.22 bits per heavy atom. The van der Waals surface area contributed by atoms with E-state index in [-0.39, 0.29) is 27.5 Å². The van der Waals surface area contributed by atoms with Crippen molar-refractivity contribution in [1.29, 1.82) is 0 Å². The first-order valence-corrected chi connectivity index (χ1v) is 7.16. The summed E-state index contributed by atoms with van der Waals surface area (Å²) in [4.78, 5) is 25.1. The molecule has 1 aliphatic carbocycles. The summed E-state index contributed by atoms with van der Waals surface area (Å²) in [5.41, 5.74) is -0.723. The molecule has 0 unspecified atom stereocenters. The van der Waals surface area contributed by atoms with Crippen LogP contribution in [0.2, 0.25) is 0 Å². The maximum Gasteiger partial charge on any atom is 0.329 e. The molecule has 1 saturated carbocycles. The van der Waals surface area contributed by atoms with Gasteiger partial charge in [-0.25, -0.2) is 4.79 Å². The van der Waals surface area contributed by atoms with E-state index in [9.17, 15) is 14.7 Å². The van der Waals surface area contributed by atoms with Crippen LogP contribution in [-0.4, -0.2) is 25.5 Å². The average molecular weight is 268 g/mol. The second-order valence-electron chi connectivity index (χ2n) is 5.10. The maximum absolute atomic E-state index is 11.7. The van der Waals surface area contributed by atoms with Crippen LogP contribution in [0.3, 0.4) is 0 Å². The number of hydrogen-bond donors (Lipinski definition) is 2. The summed E-state index contributed by atoms with van der Waals surface area (Å²) in [7, 11) is 0. The largest absolute Gasteiger partial charge is 0.392 e. The fourth-order valence-electron chi connectivity index (χ4n) is 3.06. The van der Waals surface area contributed by atoms with Crippen LogP contribution < -0.4 is 11.2 Å². The normalized spacial score (nSPS) is 35.4. The SMILES string of the molecule is O=c1ccn([C@H]2CC[C@]3(CCC[C@@H]3O)S2)c(=O)[nH]1. The molecule has 18 heavy (non-hydrogen) atoms. The van der Waals surface area contributed by atoms with Gasteiger partial charge in [0.2, 0.25) is 0 Å². The van der Waals surface area contributed by atoms with Crippen LogP contribution in [0, 0.1) is 0 Å². The van der Waals surface area contributed by atoms with E-state index in [4.69, 9.17) is 0 Å². The Morgan fingerprint density at radius 1 is 1.39 bits per heavy atom. The molecular weight excluding hydrogens is 252 g/mol. The maximum atomic E-state index is 11.7. The molecule has 1 saturated heterocycles. The lowest BCUT2D eigenvalue weighted by Gasteiger charge is -2.27. The molecule has 98 valence electrons. The molecule has 2 heterocycles. The van der Waals surface area contributed by atoms with Crippen LogP contribution in [0.4, 0.5) is 0 Å². The molecule has 0 aromatic carbocycles. The van der Waals surface area contributed by atoms with Gasteiger partial charge >= 0.3 is 5.69 Å². The van der Waals surface area contributed by atoms with Crippen molar-refractivity contribution in [1.82, 2.24) is 9.55 Å². The number of aromatic nitrogens is 2. The molecule has 3 atom stereocenters. The molecule has 5 nitrogen and oxygen atoms in total. The monoisotopic (exact) mass is 268 g/mol. The van der Waals surface area contributed by atoms with Crippen LogP contribution in [-0.2, 0) is 0 Å². The third-order valence-electron chi connectivity index (χ3n) is 4.03. The third kappa shape index (κ3) is 1.83. The minimum Gasteiger partial charge on any atom is -0.392 e. The molecule has 1 aliphatic heterocycles. The van der Waals surface area contributed by atoms with Gasteiger partial charge in [0.25, 0.3) is 5.56 Å². The Bertz CT molecular complexity index is 567. The average Bonchev–Trinajstić information content (AvgIpc) is 2.89. The lowest BCUT2D eigenvalue weighted by molar-refractivity contribution is 0.148. The van der Waals surface area contributed by atoms with Gasteiger partial charge in [-0.2, -0.15) is 0 Å². The first-order chi connectivity index (χ1) is 8.61. The van der Waals surface area contributed by atoms with Crippen LogP contribution in [0.1, 0.15) is 37.5 Å². The first kappa shape index (κ1) is 12.0. The zero-order chi connectivity index (χ0) is 12.8. The fourth-order valence-corrected chi connectivity index (χ4v) is 4.89. The summed E-state index contributed by atoms with van der Waals surface area (Å²) in [6, 6.07) is 1.37. The molecule has 2 N–H and O–H groups in total. The van der Waals surface area contributed by atoms with Crippen molar-refractivity contribution in [2.45, 2.75) is 48.3 Å². The first-order valence-electron chi connectivity index (χ1n) is 6.28. The zero-order valence-electron chi connectivity index (χ0n) is 9.96. The molecule has 0 amide bonds. The molecule has 1 aromatic heterocycles. The molecular formula is C12H16N2O3S. The third-order valence-corrected chi connectivity index (χ3v) is 5.92. The number of hydrogen-bond acceptors (Lipinski definition) is 4. The van der Waals surface area contributed by atoms with E-state index in [1.165, 1.54) is 6.07 Å². The van der Waals surface area contributed by atoms with Crippen molar-refractivity contribution in [3.8, 4) is 0 Å². The van der Waals surface area contributed by atoms with Crippen molar-refractivity contribution in [2.75, 3.05) is 0 Å². The van der Waals surface area contributed by atoms with Gasteiger partial charge in [-0.3, -0.25) is 14.3 Å². The second kappa shape index (κ2) is 4.28. The predicted molar refractivity (Wildman–Crippen MR) is 69.8 cm³/mol. The van der Waals surface area contributed by atoms with Crippen LogP contribution in [0.15, 0.2) is 21.9 Å². The van der Waals surface area contributed by atoms with Crippen LogP contribution in [0.25, 0.3) is 0 Å². The number of thioether (sulfide) groups is 1. The zero-order valence-corrected chi connectivity index (χ0v) is 10.8. The molecule has 2 fully saturated rings. The summed E-state index contributed by atoms with van der Waals surface area (Å²) in [5.74, 6) is 0. The fraction of sp³-hybridized carbons (Fsp3) is 0.667. The number of aromatic amines is 1. The lowest BCUT2D eigenvalue weighted by atomic mass is 9.99. The Morgan fingerprint density at radius 3 is 2.89 bits per heavy atom. The summed E-state index contributed by atoms with van der Waals surface area (Å²) in [6.07, 6.45) is 6.04. The van der Waals surface area contributed by atoms with Crippen molar-refractivity contribution < 1.29 is 5.11 Å². The number of aliphatic hydroxyl groups excluding tert-OH is 1. The van der Waals surface area contributed by atoms with E-state index < -0.39 is 0 Å². The van der Waals surface area contributed by atoms with E-state index in [0.717, 1.165) is 32.1 Å². The Labute approximate surface area is 108 Å². The minimum atomic E-state index is -0.366. The topological polar surface area (TPSA) is 75.1 Å². The summed E-state index contributed by atoms with van der Waals surface area (Å²) in [5, 5.41) is 10.1. The van der Waals surface area contributed by atoms with Crippen LogP contribution >= 0.6 is 11.8 Å². The highest BCUT2D eigenvalue weighted by Crippen LogP contribution is 2.56. The van der Waals surface area contributed by atoms with Gasteiger partial charge in [0.1, 0.15) is 0 Å². The summed E-state index contributed by atoms with van der Waals surface area (Å²) in [6.45, 7) is 0. The van der Waals surface area contributed by atoms with Crippen molar-refractivity contribution in [3.05, 3.63) is 33.1 Å². The summed E-state index contributed by atoms with van der Waals surface area (Å²) >= 11 is 1.69. The minimum absolute atomic E-state index is 0.0297. The Hall–Kier alpha value is -1.01. The Kier molecular flexibility index (Phi) is 2.86. The van der Waals surface area contributed by atoms with Crippen molar-refractivity contribution >= 4 is 11.8 Å². The Balaban J connectivity index is 1.88. The second-order valence-corrected chi connectivity index (χ2v) is 6.69. The van der Waals surface area contributed by atoms with Gasteiger partial charge in [0.05, 0.1) is 11.5 Å². The predicted octanol–water partition coefficient (Wildman–Crippen LogP) is 0.846. The quantitative estimate of drug-likeness (QED) is 0.791. The summed E-state index contributed by atoms with van der Waals surface area (Å²) < 4.78 is 1.51. The molecule has 3 rings (SSSR count). The van der Waals surface area contributed by atoms with Crippen molar-refractivity contribution in [3.63, 3.8) is 0 Å². The molecule has 0 radical (unpaired) electrons. The number of aliphatic hydroxyl groups is 1. The smallest absolute Gasteiger partial charge is 0.329 e. The van der Waals surface area contributed by atoms with Gasteiger partial charge in [-0.05, 0) is 32.1 Å². The number of nitrogens with zero attached hydrogens (tertiary/aromatic N) is 1. The van der Waals surface area contributed by atoms with E-state index in [1.54, 1.807) is 22.5 Å². The molecule has 0 bridgehead atoms. The highest BCUT2D eigenvalue weighted by atomic mass is 32.2. The molecule has 6 heteroatoms. The van der Waals surface area contributed by atoms with E-state index in [1.807, 2.05) is 0 Å². The van der Waals surface area contributed by atoms with Gasteiger partial charge < -0.3 is 5.11 Å². The van der Waals surface area contributed by atoms with Gasteiger partial charge in [0, 0.05) is 17.0 Å². The number of nitrogens with one attached hydrogen (secondary N) is 1. The number of rotatable bonds is 1. The van der Waals surface area contributed by atoms with Gasteiger partial charge in [-0.15, -0.1) is 11.8 Å². The molecule has 1 spiro atoms. The van der Waals surface area contributed by atoms with Gasteiger partial charge in [0.15, 0.2) is 0 Å². The standard InChI is InChI=1S/C12H16N2O3S/c15-8-2-1-5-12(8)6-3-10(18-12)14-7-4-9(16)13-11(14)17/h4,7-8,10,15H,1-3,5-6H2,(H,13,16,17)/t8-,10+,12-/m0/s1. The highest BCUT2D eigenvalue weighted by molar-refractivity contribution is 8.01. The van der Waals surface area contributed by atoms with E-state index >= 15 is 0 Å². The van der Waals surface area contributed by atoms with E-state index in [2.05, 4.69) is 4.98 Å². The van der Waals surface area contributed by atoms with E-state index in [0.29, 0.717) is 0 Å². The number of H-pyrrole nitrogens is 1. The van der Waals surface area contributed by atoms with Crippen LogP contribution in [0.5, 0.6) is 0 Å². The van der Waals surface area contributed by atoms with Gasteiger partial charge in [-0.1, -0.05) is 0 Å². The lowest BCUT2D eigenvalue weighted by Crippen LogP contribution is -2.32. The molecule has 2 aliphatic rings. The molecule has 1 aromatic rings. The van der Waals surface area contributed by atoms with Crippen molar-refractivity contribution in [2.24, 2.45) is 0 Å².